The van der Waals surface area contributed by atoms with Crippen molar-refractivity contribution < 1.29 is 15.0 Å². The second-order valence-corrected chi connectivity index (χ2v) is 10.6. The molecule has 2 aliphatic rings. The summed E-state index contributed by atoms with van der Waals surface area (Å²) in [5.74, 6) is -0.0496. The summed E-state index contributed by atoms with van der Waals surface area (Å²) in [4.78, 5) is 17.4. The van der Waals surface area contributed by atoms with Crippen LogP contribution in [0.25, 0.3) is 0 Å². The van der Waals surface area contributed by atoms with E-state index in [2.05, 4.69) is 34.3 Å². The van der Waals surface area contributed by atoms with Crippen LogP contribution in [-0.2, 0) is 30.8 Å². The van der Waals surface area contributed by atoms with Gasteiger partial charge in [0.1, 0.15) is 12.3 Å². The van der Waals surface area contributed by atoms with Crippen LogP contribution in [0, 0.1) is 5.41 Å². The van der Waals surface area contributed by atoms with Crippen molar-refractivity contribution in [1.82, 2.24) is 10.2 Å². The van der Waals surface area contributed by atoms with Gasteiger partial charge in [-0.15, -0.1) is 22.7 Å². The lowest BCUT2D eigenvalue weighted by Crippen LogP contribution is -2.50. The molecule has 0 spiro atoms. The predicted octanol–water partition coefficient (Wildman–Crippen LogP) is 3.49. The number of carbonyl (C=O) groups is 1. The first-order valence-electron chi connectivity index (χ1n) is 10.6. The van der Waals surface area contributed by atoms with Crippen LogP contribution < -0.4 is 5.32 Å². The highest BCUT2D eigenvalue weighted by molar-refractivity contribution is 7.10. The second kappa shape index (κ2) is 8.48. The number of aliphatic hydroxyl groups is 2. The molecule has 3 N–H and O–H groups in total. The lowest BCUT2D eigenvalue weighted by molar-refractivity contribution is -0.147. The zero-order chi connectivity index (χ0) is 21.4. The summed E-state index contributed by atoms with van der Waals surface area (Å²) in [6.45, 7) is 1.62. The van der Waals surface area contributed by atoms with Crippen LogP contribution >= 0.6 is 22.7 Å². The van der Waals surface area contributed by atoms with Crippen molar-refractivity contribution in [2.45, 2.75) is 51.2 Å². The maximum Gasteiger partial charge on any atom is 0.232 e. The molecule has 1 amide bonds. The van der Waals surface area contributed by atoms with E-state index in [0.717, 1.165) is 22.4 Å². The van der Waals surface area contributed by atoms with Gasteiger partial charge in [0.05, 0.1) is 5.41 Å². The Balaban J connectivity index is 1.17. The zero-order valence-corrected chi connectivity index (χ0v) is 18.8. The van der Waals surface area contributed by atoms with Gasteiger partial charge in [-0.05, 0) is 52.4 Å². The highest BCUT2D eigenvalue weighted by Crippen LogP contribution is 2.51. The molecule has 162 valence electrons. The number of nitrogens with zero attached hydrogens (tertiary/aromatic N) is 1. The van der Waals surface area contributed by atoms with Crippen molar-refractivity contribution >= 4 is 28.6 Å². The van der Waals surface area contributed by atoms with E-state index in [4.69, 9.17) is 0 Å². The van der Waals surface area contributed by atoms with Crippen molar-refractivity contribution in [3.8, 4) is 0 Å². The molecule has 0 radical (unpaired) electrons. The topological polar surface area (TPSA) is 72.8 Å². The van der Waals surface area contributed by atoms with E-state index in [1.165, 1.54) is 10.4 Å². The fraction of sp³-hybridized carbons (Fsp3) is 0.375. The molecule has 1 saturated carbocycles. The molecule has 1 aromatic carbocycles. The summed E-state index contributed by atoms with van der Waals surface area (Å²) < 4.78 is 0. The summed E-state index contributed by atoms with van der Waals surface area (Å²) in [6, 6.07) is 14.4. The van der Waals surface area contributed by atoms with Crippen LogP contribution in [0.3, 0.4) is 0 Å². The Morgan fingerprint density at radius 2 is 1.81 bits per heavy atom. The number of amides is 1. The number of rotatable bonds is 8. The lowest BCUT2D eigenvalue weighted by Gasteiger charge is -2.30. The first-order chi connectivity index (χ1) is 15.0. The molecular weight excluding hydrogens is 428 g/mol. The van der Waals surface area contributed by atoms with E-state index < -0.39 is 17.7 Å². The molecule has 1 unspecified atom stereocenters. The minimum atomic E-state index is -1.14. The van der Waals surface area contributed by atoms with Gasteiger partial charge in [0, 0.05) is 35.8 Å². The maximum absolute atomic E-state index is 13.2. The summed E-state index contributed by atoms with van der Waals surface area (Å²) in [6.07, 6.45) is -0.117. The number of fused-ring (bicyclic) bond motifs is 1. The monoisotopic (exact) mass is 454 g/mol. The molecule has 2 aromatic heterocycles. The SMILES string of the molecule is O=C(N1Cc2ccccc2C1)C1([C@@H](O)C(O)NCc2cc(Cc3cccs3)cs2)CC1. The van der Waals surface area contributed by atoms with E-state index in [1.54, 1.807) is 22.7 Å². The molecule has 5 rings (SSSR count). The molecule has 1 aliphatic heterocycles. The standard InChI is InChI=1S/C24H26N2O3S2/c27-21(22(28)25-12-20-11-16(15-31-20)10-19-6-3-9-30-19)24(7-8-24)23(29)26-13-17-4-1-2-5-18(17)14-26/h1-6,9,11,15,21-22,25,27-28H,7-8,10,12-14H2/t21-,22?/m0/s1. The Morgan fingerprint density at radius 1 is 1.06 bits per heavy atom. The van der Waals surface area contributed by atoms with Crippen molar-refractivity contribution in [3.63, 3.8) is 0 Å². The first-order valence-corrected chi connectivity index (χ1v) is 12.4. The average molecular weight is 455 g/mol. The summed E-state index contributed by atoms with van der Waals surface area (Å²) in [5, 5.41) is 28.7. The molecule has 2 atom stereocenters. The molecular formula is C24H26N2O3S2. The number of hydrogen-bond donors (Lipinski definition) is 3. The van der Waals surface area contributed by atoms with Gasteiger partial charge in [-0.3, -0.25) is 10.1 Å². The highest BCUT2D eigenvalue weighted by Gasteiger charge is 2.59. The third-order valence-corrected chi connectivity index (χ3v) is 8.22. The molecule has 31 heavy (non-hydrogen) atoms. The van der Waals surface area contributed by atoms with Crippen molar-refractivity contribution in [3.05, 3.63) is 79.7 Å². The van der Waals surface area contributed by atoms with Gasteiger partial charge in [-0.25, -0.2) is 0 Å². The number of aliphatic hydroxyl groups excluding tert-OH is 2. The number of hydrogen-bond acceptors (Lipinski definition) is 6. The number of thiophene rings is 2. The summed E-state index contributed by atoms with van der Waals surface area (Å²) in [7, 11) is 0. The molecule has 0 bridgehead atoms. The van der Waals surface area contributed by atoms with Crippen molar-refractivity contribution in [2.24, 2.45) is 5.41 Å². The molecule has 1 aliphatic carbocycles. The Kier molecular flexibility index (Phi) is 5.71. The third kappa shape index (κ3) is 4.21. The Morgan fingerprint density at radius 3 is 2.45 bits per heavy atom. The van der Waals surface area contributed by atoms with Crippen molar-refractivity contribution in [2.75, 3.05) is 0 Å². The normalized spacial score (nSPS) is 18.6. The second-order valence-electron chi connectivity index (χ2n) is 8.53. The number of nitrogens with one attached hydrogen (secondary N) is 1. The molecule has 0 saturated heterocycles. The molecule has 7 heteroatoms. The van der Waals surface area contributed by atoms with Gasteiger partial charge in [-0.1, -0.05) is 30.3 Å². The van der Waals surface area contributed by atoms with Crippen LogP contribution in [0.4, 0.5) is 0 Å². The molecule has 1 fully saturated rings. The smallest absolute Gasteiger partial charge is 0.232 e. The number of benzene rings is 1. The van der Waals surface area contributed by atoms with Gasteiger partial charge in [0.25, 0.3) is 0 Å². The minimum Gasteiger partial charge on any atom is -0.388 e. The van der Waals surface area contributed by atoms with Crippen molar-refractivity contribution in [1.29, 1.82) is 0 Å². The van der Waals surface area contributed by atoms with Gasteiger partial charge in [-0.2, -0.15) is 0 Å². The molecule has 3 heterocycles. The summed E-state index contributed by atoms with van der Waals surface area (Å²) >= 11 is 3.39. The fourth-order valence-electron chi connectivity index (χ4n) is 4.41. The van der Waals surface area contributed by atoms with E-state index >= 15 is 0 Å². The average Bonchev–Trinajstić information content (AvgIpc) is 3.15. The third-order valence-electron chi connectivity index (χ3n) is 6.36. The zero-order valence-electron chi connectivity index (χ0n) is 17.2. The van der Waals surface area contributed by atoms with Gasteiger partial charge < -0.3 is 15.1 Å². The highest BCUT2D eigenvalue weighted by atomic mass is 32.1. The Bertz CT molecular complexity index is 1030. The quantitative estimate of drug-likeness (QED) is 0.456. The Hall–Kier alpha value is -2.03. The van der Waals surface area contributed by atoms with E-state index in [1.807, 2.05) is 29.2 Å². The van der Waals surface area contributed by atoms with Crippen LogP contribution in [0.2, 0.25) is 0 Å². The van der Waals surface area contributed by atoms with Gasteiger partial charge in [0.2, 0.25) is 5.91 Å². The van der Waals surface area contributed by atoms with Crippen LogP contribution in [0.15, 0.2) is 53.2 Å². The van der Waals surface area contributed by atoms with Gasteiger partial charge >= 0.3 is 0 Å². The van der Waals surface area contributed by atoms with E-state index in [-0.39, 0.29) is 5.91 Å². The Labute approximate surface area is 190 Å². The van der Waals surface area contributed by atoms with E-state index in [9.17, 15) is 15.0 Å². The molecule has 3 aromatic rings. The van der Waals surface area contributed by atoms with E-state index in [0.29, 0.717) is 32.5 Å². The lowest BCUT2D eigenvalue weighted by atomic mass is 9.95. The molecule has 5 nitrogen and oxygen atoms in total. The first kappa shape index (κ1) is 20.8. The van der Waals surface area contributed by atoms with Crippen LogP contribution in [-0.4, -0.2) is 33.4 Å². The van der Waals surface area contributed by atoms with Gasteiger partial charge in [0.15, 0.2) is 0 Å². The number of carbonyl (C=O) groups excluding carboxylic acids is 1. The van der Waals surface area contributed by atoms with Crippen LogP contribution in [0.5, 0.6) is 0 Å². The van der Waals surface area contributed by atoms with Crippen LogP contribution in [0.1, 0.15) is 39.3 Å². The fourth-order valence-corrected chi connectivity index (χ4v) is 5.99. The predicted molar refractivity (Wildman–Crippen MR) is 123 cm³/mol. The largest absolute Gasteiger partial charge is 0.388 e. The minimum absolute atomic E-state index is 0.0496. The maximum atomic E-state index is 13.2. The summed E-state index contributed by atoms with van der Waals surface area (Å²) in [5.41, 5.74) is 2.71.